The molecule has 4 aromatic rings. The molecule has 5 rings (SSSR count). The van der Waals surface area contributed by atoms with Gasteiger partial charge in [-0.05, 0) is 102 Å². The van der Waals surface area contributed by atoms with Gasteiger partial charge in [0.25, 0.3) is 0 Å². The molecule has 0 radical (unpaired) electrons. The van der Waals surface area contributed by atoms with E-state index in [1.165, 1.54) is 47.1 Å². The van der Waals surface area contributed by atoms with E-state index in [4.69, 9.17) is 0 Å². The second kappa shape index (κ2) is 11.1. The van der Waals surface area contributed by atoms with Gasteiger partial charge in [0.15, 0.2) is 0 Å². The third-order valence-electron chi connectivity index (χ3n) is 8.14. The Labute approximate surface area is 220 Å². The Bertz CT molecular complexity index is 1220. The van der Waals surface area contributed by atoms with Crippen LogP contribution in [0, 0.1) is 5.92 Å². The number of hydrogen-bond acceptors (Lipinski definition) is 3. The largest absolute Gasteiger partial charge is 0.508 e. The molecule has 0 bridgehead atoms. The van der Waals surface area contributed by atoms with Crippen LogP contribution >= 0.6 is 0 Å². The quantitative estimate of drug-likeness (QED) is 0.219. The summed E-state index contributed by atoms with van der Waals surface area (Å²) in [7, 11) is 0. The first kappa shape index (κ1) is 25.0. The lowest BCUT2D eigenvalue weighted by atomic mass is 9.58. The third-order valence-corrected chi connectivity index (χ3v) is 8.14. The van der Waals surface area contributed by atoms with E-state index in [0.717, 1.165) is 32.1 Å². The molecule has 190 valence electrons. The fourth-order valence-corrected chi connectivity index (χ4v) is 6.28. The molecule has 0 unspecified atom stereocenters. The molecule has 37 heavy (non-hydrogen) atoms. The first-order valence-corrected chi connectivity index (χ1v) is 13.5. The smallest absolute Gasteiger partial charge is 0.115 e. The second-order valence-electron chi connectivity index (χ2n) is 10.5. The topological polar surface area (TPSA) is 60.7 Å². The van der Waals surface area contributed by atoms with Gasteiger partial charge in [-0.3, -0.25) is 0 Å². The van der Waals surface area contributed by atoms with E-state index < -0.39 is 0 Å². The highest BCUT2D eigenvalue weighted by Crippen LogP contribution is 2.51. The zero-order valence-electron chi connectivity index (χ0n) is 21.3. The van der Waals surface area contributed by atoms with Crippen molar-refractivity contribution >= 4 is 0 Å². The van der Waals surface area contributed by atoms with E-state index in [1.54, 1.807) is 36.4 Å². The Morgan fingerprint density at radius 2 is 0.838 bits per heavy atom. The van der Waals surface area contributed by atoms with E-state index in [2.05, 4.69) is 48.5 Å². The highest BCUT2D eigenvalue weighted by atomic mass is 16.3. The predicted octanol–water partition coefficient (Wildman–Crippen LogP) is 7.89. The predicted molar refractivity (Wildman–Crippen MR) is 149 cm³/mol. The van der Waals surface area contributed by atoms with Crippen LogP contribution in [0.5, 0.6) is 17.2 Å². The highest BCUT2D eigenvalue weighted by molar-refractivity contribution is 5.53. The standard InChI is InChI=1S/C34H36O3/c35-31-19-11-26(12-20-31)6-4-5-25-9-13-28(14-10-25)34(27-7-2-1-3-8-27,29-15-21-32(36)22-16-29)30-17-23-33(37)24-18-30/h9-24,27,35-37H,1-8H2. The van der Waals surface area contributed by atoms with Crippen molar-refractivity contribution in [3.63, 3.8) is 0 Å². The number of benzene rings is 4. The molecular formula is C34H36O3. The van der Waals surface area contributed by atoms with E-state index >= 15 is 0 Å². The average Bonchev–Trinajstić information content (AvgIpc) is 2.93. The minimum Gasteiger partial charge on any atom is -0.508 e. The second-order valence-corrected chi connectivity index (χ2v) is 10.5. The van der Waals surface area contributed by atoms with Crippen LogP contribution in [0.3, 0.4) is 0 Å². The molecule has 3 N–H and O–H groups in total. The minimum absolute atomic E-state index is 0.274. The molecule has 3 nitrogen and oxygen atoms in total. The molecule has 1 aliphatic carbocycles. The number of rotatable bonds is 8. The van der Waals surface area contributed by atoms with Gasteiger partial charge in [-0.15, -0.1) is 0 Å². The minimum atomic E-state index is -0.355. The van der Waals surface area contributed by atoms with E-state index in [1.807, 2.05) is 12.1 Å². The summed E-state index contributed by atoms with van der Waals surface area (Å²) in [6.45, 7) is 0. The first-order valence-electron chi connectivity index (χ1n) is 13.5. The molecule has 1 fully saturated rings. The molecule has 0 heterocycles. The molecule has 0 amide bonds. The maximum absolute atomic E-state index is 10.1. The van der Waals surface area contributed by atoms with Crippen molar-refractivity contribution in [1.82, 2.24) is 0 Å². The summed E-state index contributed by atoms with van der Waals surface area (Å²) in [5, 5.41) is 29.7. The van der Waals surface area contributed by atoms with Crippen molar-refractivity contribution in [3.05, 3.63) is 125 Å². The lowest BCUT2D eigenvalue weighted by Gasteiger charge is -2.44. The maximum atomic E-state index is 10.1. The number of hydrogen-bond donors (Lipinski definition) is 3. The Morgan fingerprint density at radius 3 is 1.27 bits per heavy atom. The summed E-state index contributed by atoms with van der Waals surface area (Å²) in [5.74, 6) is 1.28. The molecule has 1 saturated carbocycles. The van der Waals surface area contributed by atoms with Crippen molar-refractivity contribution < 1.29 is 15.3 Å². The summed E-state index contributed by atoms with van der Waals surface area (Å²) in [6, 6.07) is 32.1. The van der Waals surface area contributed by atoms with Crippen molar-refractivity contribution in [2.45, 2.75) is 56.8 Å². The van der Waals surface area contributed by atoms with Gasteiger partial charge in [0, 0.05) is 5.41 Å². The van der Waals surface area contributed by atoms with Crippen molar-refractivity contribution in [2.75, 3.05) is 0 Å². The van der Waals surface area contributed by atoms with E-state index in [0.29, 0.717) is 11.7 Å². The van der Waals surface area contributed by atoms with Crippen LogP contribution in [0.15, 0.2) is 97.1 Å². The molecule has 0 atom stereocenters. The van der Waals surface area contributed by atoms with Gasteiger partial charge >= 0.3 is 0 Å². The van der Waals surface area contributed by atoms with Crippen LogP contribution in [0.1, 0.15) is 66.3 Å². The third kappa shape index (κ3) is 5.36. The van der Waals surface area contributed by atoms with Crippen LogP contribution in [0.4, 0.5) is 0 Å². The SMILES string of the molecule is Oc1ccc(CCCc2ccc(C(c3ccc(O)cc3)(c3ccc(O)cc3)C3CCCCC3)cc2)cc1. The Balaban J connectivity index is 1.50. The van der Waals surface area contributed by atoms with E-state index in [-0.39, 0.29) is 16.9 Å². The lowest BCUT2D eigenvalue weighted by molar-refractivity contribution is 0.270. The zero-order chi connectivity index (χ0) is 25.7. The lowest BCUT2D eigenvalue weighted by Crippen LogP contribution is -2.39. The Morgan fingerprint density at radius 1 is 0.486 bits per heavy atom. The van der Waals surface area contributed by atoms with E-state index in [9.17, 15) is 15.3 Å². The van der Waals surface area contributed by atoms with Gasteiger partial charge in [-0.1, -0.05) is 79.9 Å². The summed E-state index contributed by atoms with van der Waals surface area (Å²) in [6.07, 6.45) is 9.04. The van der Waals surface area contributed by atoms with Crippen LogP contribution in [-0.4, -0.2) is 15.3 Å². The van der Waals surface area contributed by atoms with Crippen molar-refractivity contribution in [1.29, 1.82) is 0 Å². The monoisotopic (exact) mass is 492 g/mol. The summed E-state index contributed by atoms with van der Waals surface area (Å²) in [4.78, 5) is 0. The van der Waals surface area contributed by atoms with Gasteiger partial charge < -0.3 is 15.3 Å². The molecule has 4 aromatic carbocycles. The summed E-state index contributed by atoms with van der Waals surface area (Å²) < 4.78 is 0. The molecule has 0 spiro atoms. The number of aryl methyl sites for hydroxylation is 2. The van der Waals surface area contributed by atoms with Crippen LogP contribution in [0.25, 0.3) is 0 Å². The van der Waals surface area contributed by atoms with Crippen molar-refractivity contribution in [2.24, 2.45) is 5.92 Å². The molecule has 1 aliphatic rings. The van der Waals surface area contributed by atoms with Gasteiger partial charge in [0.05, 0.1) is 0 Å². The van der Waals surface area contributed by atoms with Crippen LogP contribution < -0.4 is 0 Å². The number of aromatic hydroxyl groups is 3. The molecule has 0 aromatic heterocycles. The van der Waals surface area contributed by atoms with Crippen LogP contribution in [-0.2, 0) is 18.3 Å². The molecule has 0 aliphatic heterocycles. The fraction of sp³-hybridized carbons (Fsp3) is 0.294. The highest BCUT2D eigenvalue weighted by Gasteiger charge is 2.43. The summed E-state index contributed by atoms with van der Waals surface area (Å²) >= 11 is 0. The average molecular weight is 493 g/mol. The van der Waals surface area contributed by atoms with Gasteiger partial charge in [0.1, 0.15) is 17.2 Å². The Kier molecular flexibility index (Phi) is 7.50. The van der Waals surface area contributed by atoms with Crippen molar-refractivity contribution in [3.8, 4) is 17.2 Å². The molecule has 3 heteroatoms. The van der Waals surface area contributed by atoms with Crippen LogP contribution in [0.2, 0.25) is 0 Å². The molecule has 0 saturated heterocycles. The first-order chi connectivity index (χ1) is 18.1. The molecular weight excluding hydrogens is 456 g/mol. The number of phenols is 3. The maximum Gasteiger partial charge on any atom is 0.115 e. The zero-order valence-corrected chi connectivity index (χ0v) is 21.3. The fourth-order valence-electron chi connectivity index (χ4n) is 6.28. The van der Waals surface area contributed by atoms with Gasteiger partial charge in [-0.25, -0.2) is 0 Å². The van der Waals surface area contributed by atoms with Gasteiger partial charge in [0.2, 0.25) is 0 Å². The number of phenolic OH excluding ortho intramolecular Hbond substituents is 3. The Hall–Kier alpha value is -3.72. The normalized spacial score (nSPS) is 14.5. The van der Waals surface area contributed by atoms with Gasteiger partial charge in [-0.2, -0.15) is 0 Å². The summed E-state index contributed by atoms with van der Waals surface area (Å²) in [5.41, 5.74) is 5.83.